The highest BCUT2D eigenvalue weighted by molar-refractivity contribution is 5.92. The molecule has 1 saturated carbocycles. The molecule has 31 heavy (non-hydrogen) atoms. The highest BCUT2D eigenvalue weighted by Gasteiger charge is 2.34. The van der Waals surface area contributed by atoms with Crippen LogP contribution < -0.4 is 10.4 Å². The molecular weight excluding hydrogens is 403 g/mol. The summed E-state index contributed by atoms with van der Waals surface area (Å²) in [4.78, 5) is 8.16. The minimum Gasteiger partial charge on any atom is -0.858 e. The summed E-state index contributed by atoms with van der Waals surface area (Å²) in [6, 6.07) is 15.0. The predicted molar refractivity (Wildman–Crippen MR) is 114 cm³/mol. The Morgan fingerprint density at radius 2 is 1.87 bits per heavy atom. The third kappa shape index (κ3) is 4.98. The van der Waals surface area contributed by atoms with Crippen LogP contribution in [0.25, 0.3) is 10.9 Å². The number of aliphatic imine (C=N–C) groups is 1. The molecule has 0 bridgehead atoms. The Morgan fingerprint density at radius 3 is 2.61 bits per heavy atom. The van der Waals surface area contributed by atoms with Gasteiger partial charge >= 0.3 is 6.18 Å². The fraction of sp³-hybridized carbons (Fsp3) is 0.333. The lowest BCUT2D eigenvalue weighted by Gasteiger charge is -2.30. The minimum absolute atomic E-state index is 0.0710. The van der Waals surface area contributed by atoms with Crippen molar-refractivity contribution >= 4 is 22.5 Å². The average molecular weight is 426 g/mol. The second-order valence-corrected chi connectivity index (χ2v) is 8.04. The third-order valence-electron chi connectivity index (χ3n) is 5.58. The van der Waals surface area contributed by atoms with Gasteiger partial charge in [0.05, 0.1) is 11.6 Å². The summed E-state index contributed by atoms with van der Waals surface area (Å²) in [7, 11) is 0. The van der Waals surface area contributed by atoms with Crippen LogP contribution in [-0.4, -0.2) is 23.0 Å². The summed E-state index contributed by atoms with van der Waals surface area (Å²) in [6.45, 7) is 1.89. The van der Waals surface area contributed by atoms with Crippen LogP contribution in [-0.2, 0) is 6.18 Å². The first kappa shape index (κ1) is 21.2. The Morgan fingerprint density at radius 1 is 1.10 bits per heavy atom. The molecule has 7 heteroatoms. The molecule has 2 aromatic carbocycles. The van der Waals surface area contributed by atoms with E-state index >= 15 is 0 Å². The van der Waals surface area contributed by atoms with Gasteiger partial charge in [-0.2, -0.15) is 13.2 Å². The average Bonchev–Trinajstić information content (AvgIpc) is 2.74. The van der Waals surface area contributed by atoms with Crippen molar-refractivity contribution in [1.29, 1.82) is 0 Å². The summed E-state index contributed by atoms with van der Waals surface area (Å²) in [5.41, 5.74) is 1.30. The van der Waals surface area contributed by atoms with Gasteiger partial charge in [0, 0.05) is 17.1 Å². The first-order valence-electron chi connectivity index (χ1n) is 10.3. The first-order valence-corrected chi connectivity index (χ1v) is 10.3. The quantitative estimate of drug-likeness (QED) is 0.467. The van der Waals surface area contributed by atoms with Crippen molar-refractivity contribution in [3.8, 4) is 0 Å². The number of aryl methyl sites for hydroxylation is 1. The molecule has 0 aliphatic heterocycles. The van der Waals surface area contributed by atoms with Crippen LogP contribution in [0.15, 0.2) is 59.6 Å². The molecule has 0 radical (unpaired) electrons. The van der Waals surface area contributed by atoms with Gasteiger partial charge in [-0.05, 0) is 62.3 Å². The minimum atomic E-state index is -4.53. The number of hydrogen-bond acceptors (Lipinski definition) is 4. The molecule has 0 saturated heterocycles. The Hall–Kier alpha value is -3.09. The largest absolute Gasteiger partial charge is 0.858 e. The van der Waals surface area contributed by atoms with Gasteiger partial charge < -0.3 is 10.4 Å². The van der Waals surface area contributed by atoms with Crippen LogP contribution in [0.5, 0.6) is 0 Å². The fourth-order valence-corrected chi connectivity index (χ4v) is 4.06. The highest BCUT2D eigenvalue weighted by Crippen LogP contribution is 2.35. The van der Waals surface area contributed by atoms with Crippen LogP contribution in [0, 0.1) is 6.92 Å². The molecule has 3 aromatic rings. The zero-order valence-electron chi connectivity index (χ0n) is 17.1. The maximum Gasteiger partial charge on any atom is 0.433 e. The third-order valence-corrected chi connectivity index (χ3v) is 5.58. The monoisotopic (exact) mass is 426 g/mol. The number of rotatable bonds is 4. The molecule has 0 spiro atoms. The molecule has 162 valence electrons. The molecule has 2 atom stereocenters. The summed E-state index contributed by atoms with van der Waals surface area (Å²) >= 11 is 0. The molecule has 1 aromatic heterocycles. The van der Waals surface area contributed by atoms with Gasteiger partial charge in [0.25, 0.3) is 0 Å². The number of anilines is 1. The van der Waals surface area contributed by atoms with Gasteiger partial charge in [0.15, 0.2) is 0 Å². The Bertz CT molecular complexity index is 1100. The van der Waals surface area contributed by atoms with E-state index in [0.717, 1.165) is 30.9 Å². The lowest BCUT2D eigenvalue weighted by atomic mass is 9.91. The van der Waals surface area contributed by atoms with E-state index in [1.165, 1.54) is 0 Å². The number of halogens is 3. The van der Waals surface area contributed by atoms with Crippen LogP contribution >= 0.6 is 0 Å². The maximum atomic E-state index is 13.4. The Balaban J connectivity index is 1.59. The SMILES string of the molecule is Cc1ccc2nc(C(F)(F)F)cc(N[C@H]3CCCC(N=C([O-])c4ccccc4)C3)c2c1. The molecule has 1 aliphatic carbocycles. The first-order chi connectivity index (χ1) is 14.8. The zero-order chi connectivity index (χ0) is 22.0. The molecule has 0 amide bonds. The van der Waals surface area contributed by atoms with Gasteiger partial charge in [-0.15, -0.1) is 0 Å². The van der Waals surface area contributed by atoms with Gasteiger partial charge in [-0.1, -0.05) is 42.0 Å². The predicted octanol–water partition coefficient (Wildman–Crippen LogP) is 5.09. The van der Waals surface area contributed by atoms with Crippen molar-refractivity contribution in [2.75, 3.05) is 5.32 Å². The lowest BCUT2D eigenvalue weighted by Crippen LogP contribution is -2.31. The van der Waals surface area contributed by atoms with Crippen molar-refractivity contribution in [1.82, 2.24) is 4.98 Å². The number of alkyl halides is 3. The van der Waals surface area contributed by atoms with E-state index in [1.807, 2.05) is 19.1 Å². The van der Waals surface area contributed by atoms with Crippen molar-refractivity contribution in [3.05, 3.63) is 71.4 Å². The Labute approximate surface area is 178 Å². The Kier molecular flexibility index (Phi) is 5.85. The van der Waals surface area contributed by atoms with Gasteiger partial charge in [0.1, 0.15) is 5.69 Å². The lowest BCUT2D eigenvalue weighted by molar-refractivity contribution is -0.213. The maximum absolute atomic E-state index is 13.4. The van der Waals surface area contributed by atoms with E-state index in [9.17, 15) is 18.3 Å². The standard InChI is InChI=1S/C24H24F3N3O/c1-15-10-11-20-19(12-15)21(14-22(30-20)24(25,26)27)28-17-8-5-9-18(13-17)29-23(31)16-6-3-2-4-7-16/h2-4,6-7,10-12,14,17-18H,5,8-9,13H2,1H3,(H,28,30)(H,29,31)/p-1/t17-,18?/m0/s1. The van der Waals surface area contributed by atoms with Gasteiger partial charge in [-0.25, -0.2) is 4.98 Å². The molecule has 1 unspecified atom stereocenters. The number of nitrogens with one attached hydrogen (secondary N) is 1. The van der Waals surface area contributed by atoms with E-state index in [-0.39, 0.29) is 18.0 Å². The van der Waals surface area contributed by atoms with Crippen molar-refractivity contribution < 1.29 is 18.3 Å². The van der Waals surface area contributed by atoms with Gasteiger partial charge in [0.2, 0.25) is 0 Å². The molecule has 1 heterocycles. The number of benzene rings is 2. The normalized spacial score (nSPS) is 20.1. The van der Waals surface area contributed by atoms with Crippen molar-refractivity contribution in [2.45, 2.75) is 50.9 Å². The van der Waals surface area contributed by atoms with Gasteiger partial charge in [-0.3, -0.25) is 4.99 Å². The summed E-state index contributed by atoms with van der Waals surface area (Å²) < 4.78 is 40.1. The van der Waals surface area contributed by atoms with E-state index < -0.39 is 11.9 Å². The van der Waals surface area contributed by atoms with E-state index in [1.54, 1.807) is 36.4 Å². The molecular formula is C24H23F3N3O-. The number of nitrogens with zero attached hydrogens (tertiary/aromatic N) is 2. The topological polar surface area (TPSA) is 60.3 Å². The molecule has 1 fully saturated rings. The van der Waals surface area contributed by atoms with Crippen LogP contribution in [0.2, 0.25) is 0 Å². The van der Waals surface area contributed by atoms with Crippen molar-refractivity contribution in [2.24, 2.45) is 4.99 Å². The fourth-order valence-electron chi connectivity index (χ4n) is 4.06. The smallest absolute Gasteiger partial charge is 0.433 e. The second-order valence-electron chi connectivity index (χ2n) is 8.04. The second kappa shape index (κ2) is 8.57. The highest BCUT2D eigenvalue weighted by atomic mass is 19.4. The summed E-state index contributed by atoms with van der Waals surface area (Å²) in [5, 5.41) is 16.4. The van der Waals surface area contributed by atoms with Crippen LogP contribution in [0.3, 0.4) is 0 Å². The summed E-state index contributed by atoms with van der Waals surface area (Å²) in [6.07, 6.45) is -1.48. The summed E-state index contributed by atoms with van der Waals surface area (Å²) in [5.74, 6) is -0.254. The molecule has 1 N–H and O–H groups in total. The zero-order valence-corrected chi connectivity index (χ0v) is 17.1. The van der Waals surface area contributed by atoms with Crippen LogP contribution in [0.4, 0.5) is 18.9 Å². The number of aromatic nitrogens is 1. The molecule has 4 nitrogen and oxygen atoms in total. The van der Waals surface area contributed by atoms with Crippen molar-refractivity contribution in [3.63, 3.8) is 0 Å². The number of hydrogen-bond donors (Lipinski definition) is 1. The number of pyridine rings is 1. The molecule has 4 rings (SSSR count). The van der Waals surface area contributed by atoms with Crippen LogP contribution in [0.1, 0.15) is 42.5 Å². The van der Waals surface area contributed by atoms with E-state index in [0.29, 0.717) is 28.6 Å². The van der Waals surface area contributed by atoms with E-state index in [4.69, 9.17) is 0 Å². The van der Waals surface area contributed by atoms with E-state index in [2.05, 4.69) is 15.3 Å². The molecule has 1 aliphatic rings. The number of fused-ring (bicyclic) bond motifs is 1.